The Morgan fingerprint density at radius 1 is 1.13 bits per heavy atom. The minimum atomic E-state index is -0.432. The minimum Gasteiger partial charge on any atom is -0.588 e. The molecule has 0 aliphatic carbocycles. The van der Waals surface area contributed by atoms with Crippen molar-refractivity contribution in [2.24, 2.45) is 0 Å². The van der Waals surface area contributed by atoms with Gasteiger partial charge < -0.3 is 20.4 Å². The molecule has 0 radical (unpaired) electrons. The molecule has 6 heteroatoms. The molecular formula is C9H21NO5. The third-order valence-electron chi connectivity index (χ3n) is 1.78. The standard InChI is InChI=1S/C7H17NO5.C2H4/c9-5-3-8(11,4-6-10)2-1-7-13-12;1-2/h7,9-11,13H,1-6H2;1-2H2. The normalized spacial score (nSPS) is 10.7. The molecule has 0 fully saturated rings. The highest BCUT2D eigenvalue weighted by Crippen LogP contribution is 2.03. The minimum absolute atomic E-state index is 0.146. The molecule has 0 rings (SSSR count). The summed E-state index contributed by atoms with van der Waals surface area (Å²) in [6.45, 7) is 7.39. The molecular weight excluding hydrogens is 202 g/mol. The SMILES string of the molecule is C=C.[O-][OH+][CH-]CC[N+](O)(CCO)CCO. The summed E-state index contributed by atoms with van der Waals surface area (Å²) in [5.41, 5.74) is 0. The van der Waals surface area contributed by atoms with Gasteiger partial charge in [-0.05, 0) is 6.61 Å². The van der Waals surface area contributed by atoms with Crippen molar-refractivity contribution in [1.82, 2.24) is 0 Å². The van der Waals surface area contributed by atoms with Crippen molar-refractivity contribution in [3.63, 3.8) is 0 Å². The fourth-order valence-electron chi connectivity index (χ4n) is 1.06. The van der Waals surface area contributed by atoms with Crippen LogP contribution in [-0.2, 0) is 0 Å². The Hall–Kier alpha value is -0.500. The highest BCUT2D eigenvalue weighted by molar-refractivity contribution is 4.46. The van der Waals surface area contributed by atoms with Gasteiger partial charge >= 0.3 is 0 Å². The van der Waals surface area contributed by atoms with Crippen LogP contribution in [0.4, 0.5) is 0 Å². The number of hydroxylamine groups is 3. The first-order valence-corrected chi connectivity index (χ1v) is 4.63. The molecule has 0 heterocycles. The first-order valence-electron chi connectivity index (χ1n) is 4.63. The average molecular weight is 223 g/mol. The van der Waals surface area contributed by atoms with E-state index in [1.807, 2.05) is 0 Å². The molecule has 0 aromatic rings. The fourth-order valence-corrected chi connectivity index (χ4v) is 1.06. The van der Waals surface area contributed by atoms with Gasteiger partial charge in [0.25, 0.3) is 0 Å². The molecule has 0 aliphatic rings. The van der Waals surface area contributed by atoms with Crippen molar-refractivity contribution in [2.75, 3.05) is 32.8 Å². The van der Waals surface area contributed by atoms with E-state index in [0.29, 0.717) is 6.42 Å². The number of rotatable bonds is 8. The predicted molar refractivity (Wildman–Crippen MR) is 53.6 cm³/mol. The second-order valence-electron chi connectivity index (χ2n) is 2.79. The van der Waals surface area contributed by atoms with E-state index in [0.717, 1.165) is 6.61 Å². The highest BCUT2D eigenvalue weighted by atomic mass is 17.1. The average Bonchev–Trinajstić information content (AvgIpc) is 2.22. The van der Waals surface area contributed by atoms with Crippen LogP contribution in [0.2, 0.25) is 0 Å². The Bertz CT molecular complexity index is 128. The van der Waals surface area contributed by atoms with Crippen molar-refractivity contribution >= 4 is 0 Å². The van der Waals surface area contributed by atoms with Gasteiger partial charge in [-0.1, -0.05) is 6.42 Å². The number of aliphatic hydroxyl groups excluding tert-OH is 2. The van der Waals surface area contributed by atoms with Crippen molar-refractivity contribution in [3.8, 4) is 0 Å². The molecule has 6 nitrogen and oxygen atoms in total. The van der Waals surface area contributed by atoms with Crippen LogP contribution in [0, 0.1) is 6.61 Å². The summed E-state index contributed by atoms with van der Waals surface area (Å²) in [7, 11) is 0. The molecule has 0 atom stereocenters. The lowest BCUT2D eigenvalue weighted by atomic mass is 10.3. The molecule has 0 aromatic heterocycles. The lowest BCUT2D eigenvalue weighted by Crippen LogP contribution is -2.49. The van der Waals surface area contributed by atoms with E-state index in [4.69, 9.17) is 10.2 Å². The van der Waals surface area contributed by atoms with Gasteiger partial charge in [-0.15, -0.1) is 13.2 Å². The maximum Gasteiger partial charge on any atom is 0.132 e. The predicted octanol–water partition coefficient (Wildman–Crippen LogP) is -1.10. The molecule has 0 aromatic carbocycles. The summed E-state index contributed by atoms with van der Waals surface area (Å²) in [5.74, 6) is 0. The monoisotopic (exact) mass is 223 g/mol. The van der Waals surface area contributed by atoms with Crippen molar-refractivity contribution in [2.45, 2.75) is 6.42 Å². The number of nitrogens with zero attached hydrogens (tertiary/aromatic N) is 1. The summed E-state index contributed by atoms with van der Waals surface area (Å²) in [5, 5.41) is 36.7. The largest absolute Gasteiger partial charge is 0.588 e. The first kappa shape index (κ1) is 16.9. The van der Waals surface area contributed by atoms with E-state index in [9.17, 15) is 10.5 Å². The second-order valence-corrected chi connectivity index (χ2v) is 2.79. The topological polar surface area (TPSA) is 96.6 Å². The summed E-state index contributed by atoms with van der Waals surface area (Å²) < 4.78 is -0.432. The van der Waals surface area contributed by atoms with Crippen LogP contribution in [0.3, 0.4) is 0 Å². The summed E-state index contributed by atoms with van der Waals surface area (Å²) >= 11 is 0. The fraction of sp³-hybridized carbons (Fsp3) is 0.667. The van der Waals surface area contributed by atoms with Gasteiger partial charge in [0.2, 0.25) is 0 Å². The molecule has 15 heavy (non-hydrogen) atoms. The van der Waals surface area contributed by atoms with Crippen LogP contribution < -0.4 is 5.26 Å². The van der Waals surface area contributed by atoms with Gasteiger partial charge in [0, 0.05) is 0 Å². The van der Waals surface area contributed by atoms with Crippen LogP contribution in [0.15, 0.2) is 13.2 Å². The van der Waals surface area contributed by atoms with Crippen LogP contribution in [0.5, 0.6) is 0 Å². The lowest BCUT2D eigenvalue weighted by Gasteiger charge is -2.30. The molecule has 0 amide bonds. The molecule has 0 unspecified atom stereocenters. The van der Waals surface area contributed by atoms with Crippen LogP contribution in [-0.4, -0.2) is 57.8 Å². The maximum atomic E-state index is 9.71. The van der Waals surface area contributed by atoms with E-state index in [2.05, 4.69) is 18.0 Å². The quantitative estimate of drug-likeness (QED) is 0.0925. The van der Waals surface area contributed by atoms with Gasteiger partial charge in [-0.2, -0.15) is 4.65 Å². The Balaban J connectivity index is 0. The van der Waals surface area contributed by atoms with E-state index in [1.165, 1.54) is 0 Å². The molecule has 0 saturated heterocycles. The molecule has 4 N–H and O–H groups in total. The smallest absolute Gasteiger partial charge is 0.132 e. The second kappa shape index (κ2) is 11.6. The third-order valence-corrected chi connectivity index (χ3v) is 1.78. The highest BCUT2D eigenvalue weighted by Gasteiger charge is 2.22. The van der Waals surface area contributed by atoms with E-state index >= 15 is 0 Å². The zero-order chi connectivity index (χ0) is 12.2. The van der Waals surface area contributed by atoms with Crippen molar-refractivity contribution in [3.05, 3.63) is 19.8 Å². The molecule has 0 saturated carbocycles. The number of aliphatic hydroxyl groups is 3. The Labute approximate surface area is 90.1 Å². The van der Waals surface area contributed by atoms with E-state index in [1.54, 1.807) is 0 Å². The number of quaternary nitrogens is 1. The summed E-state index contributed by atoms with van der Waals surface area (Å²) in [6.07, 6.45) is 0.333. The number of hydrogen-bond acceptors (Lipinski definition) is 4. The maximum absolute atomic E-state index is 9.71. The van der Waals surface area contributed by atoms with Gasteiger partial charge in [-0.3, -0.25) is 0 Å². The number of hydrogen-bond donors (Lipinski definition) is 3. The summed E-state index contributed by atoms with van der Waals surface area (Å²) in [4.78, 5) is 2.54. The van der Waals surface area contributed by atoms with Crippen LogP contribution >= 0.6 is 0 Å². The zero-order valence-electron chi connectivity index (χ0n) is 8.88. The lowest BCUT2D eigenvalue weighted by molar-refractivity contribution is -1.10. The van der Waals surface area contributed by atoms with E-state index in [-0.39, 0.29) is 32.8 Å². The Morgan fingerprint density at radius 3 is 1.93 bits per heavy atom. The van der Waals surface area contributed by atoms with Crippen molar-refractivity contribution in [1.29, 1.82) is 0 Å². The molecule has 92 valence electrons. The van der Waals surface area contributed by atoms with Crippen molar-refractivity contribution < 1.29 is 30.2 Å². The molecule has 0 bridgehead atoms. The van der Waals surface area contributed by atoms with Gasteiger partial charge in [0.15, 0.2) is 0 Å². The van der Waals surface area contributed by atoms with Gasteiger partial charge in [0.1, 0.15) is 13.1 Å². The van der Waals surface area contributed by atoms with Crippen LogP contribution in [0.1, 0.15) is 6.42 Å². The molecule has 0 aliphatic heterocycles. The molecule has 0 spiro atoms. The van der Waals surface area contributed by atoms with Gasteiger partial charge in [-0.25, -0.2) is 5.21 Å². The summed E-state index contributed by atoms with van der Waals surface area (Å²) in [6, 6.07) is 0. The van der Waals surface area contributed by atoms with Gasteiger partial charge in [0.05, 0.1) is 19.8 Å². The zero-order valence-corrected chi connectivity index (χ0v) is 8.88. The third kappa shape index (κ3) is 9.80. The first-order chi connectivity index (χ1) is 7.18. The van der Waals surface area contributed by atoms with Crippen LogP contribution in [0.25, 0.3) is 0 Å². The Kier molecular flexibility index (Phi) is 13.1. The van der Waals surface area contributed by atoms with E-state index < -0.39 is 4.65 Å². The Morgan fingerprint density at radius 2 is 1.60 bits per heavy atom.